The van der Waals surface area contributed by atoms with Crippen LogP contribution in [0.5, 0.6) is 5.75 Å². The van der Waals surface area contributed by atoms with Gasteiger partial charge in [0.05, 0.1) is 17.2 Å². The van der Waals surface area contributed by atoms with Crippen LogP contribution in [0.3, 0.4) is 0 Å². The summed E-state index contributed by atoms with van der Waals surface area (Å²) < 4.78 is 31.6. The van der Waals surface area contributed by atoms with Crippen LogP contribution < -0.4 is 4.74 Å². The molecular formula is C22H27N3O4S2. The standard InChI is InChI=1S/C22H27N3O4S2/c1-17-16-25(21(26)13-8-14-29-19-10-5-4-6-11-19)22(30-17)23-18-9-7-12-20(15-18)31(27,28)24(2)3/h4-7,9-12,15,17H,8,13-14,16H2,1-3H3. The third kappa shape index (κ3) is 6.09. The number of amides is 1. The summed E-state index contributed by atoms with van der Waals surface area (Å²) in [7, 11) is -0.568. The summed E-state index contributed by atoms with van der Waals surface area (Å²) in [6.07, 6.45) is 0.960. The number of carbonyl (C=O) groups is 1. The molecule has 7 nitrogen and oxygen atoms in total. The van der Waals surface area contributed by atoms with Crippen LogP contribution in [0.1, 0.15) is 19.8 Å². The van der Waals surface area contributed by atoms with E-state index in [-0.39, 0.29) is 16.1 Å². The van der Waals surface area contributed by atoms with Crippen LogP contribution in [0.2, 0.25) is 0 Å². The Hall–Kier alpha value is -2.36. The average molecular weight is 462 g/mol. The van der Waals surface area contributed by atoms with Gasteiger partial charge in [0.15, 0.2) is 5.17 Å². The highest BCUT2D eigenvalue weighted by molar-refractivity contribution is 8.14. The molecule has 1 aliphatic heterocycles. The zero-order valence-electron chi connectivity index (χ0n) is 17.9. The van der Waals surface area contributed by atoms with Gasteiger partial charge in [-0.1, -0.05) is 43.0 Å². The van der Waals surface area contributed by atoms with E-state index in [1.165, 1.54) is 36.2 Å². The Labute approximate surface area is 188 Å². The minimum Gasteiger partial charge on any atom is -0.494 e. The Bertz CT molecular complexity index is 1040. The Morgan fingerprint density at radius 2 is 1.94 bits per heavy atom. The highest BCUT2D eigenvalue weighted by atomic mass is 32.2. The van der Waals surface area contributed by atoms with E-state index in [0.29, 0.717) is 36.8 Å². The fraction of sp³-hybridized carbons (Fsp3) is 0.364. The number of aliphatic imine (C=N–C) groups is 1. The minimum atomic E-state index is -3.55. The van der Waals surface area contributed by atoms with Crippen LogP contribution in [0.25, 0.3) is 0 Å². The predicted molar refractivity (Wildman–Crippen MR) is 124 cm³/mol. The first-order valence-corrected chi connectivity index (χ1v) is 12.4. The zero-order valence-corrected chi connectivity index (χ0v) is 19.5. The number of ether oxygens (including phenoxy) is 1. The van der Waals surface area contributed by atoms with Crippen LogP contribution in [0, 0.1) is 0 Å². The second kappa shape index (κ2) is 10.3. The smallest absolute Gasteiger partial charge is 0.242 e. The van der Waals surface area contributed by atoms with Gasteiger partial charge in [0.1, 0.15) is 5.75 Å². The number of hydrogen-bond donors (Lipinski definition) is 0. The van der Waals surface area contributed by atoms with Crippen molar-refractivity contribution < 1.29 is 17.9 Å². The quantitative estimate of drug-likeness (QED) is 0.560. The molecule has 9 heteroatoms. The molecule has 2 aromatic rings. The maximum Gasteiger partial charge on any atom is 0.242 e. The number of benzene rings is 2. The van der Waals surface area contributed by atoms with Crippen molar-refractivity contribution in [3.05, 3.63) is 54.6 Å². The highest BCUT2D eigenvalue weighted by Gasteiger charge is 2.30. The first-order valence-electron chi connectivity index (χ1n) is 10.0. The number of para-hydroxylation sites is 1. The summed E-state index contributed by atoms with van der Waals surface area (Å²) in [6.45, 7) is 3.08. The van der Waals surface area contributed by atoms with E-state index >= 15 is 0 Å². The number of rotatable bonds is 8. The molecule has 0 radical (unpaired) electrons. The molecule has 1 fully saturated rings. The van der Waals surface area contributed by atoms with Crippen LogP contribution in [0.15, 0.2) is 64.5 Å². The Morgan fingerprint density at radius 3 is 2.65 bits per heavy atom. The number of thioether (sulfide) groups is 1. The first-order chi connectivity index (χ1) is 14.8. The van der Waals surface area contributed by atoms with E-state index in [4.69, 9.17) is 4.74 Å². The normalized spacial score (nSPS) is 18.0. The van der Waals surface area contributed by atoms with Crippen molar-refractivity contribution in [1.82, 2.24) is 9.21 Å². The molecule has 0 spiro atoms. The van der Waals surface area contributed by atoms with Crippen LogP contribution in [-0.4, -0.2) is 61.2 Å². The van der Waals surface area contributed by atoms with Gasteiger partial charge < -0.3 is 4.74 Å². The van der Waals surface area contributed by atoms with Crippen LogP contribution >= 0.6 is 11.8 Å². The van der Waals surface area contributed by atoms with Gasteiger partial charge in [-0.25, -0.2) is 17.7 Å². The summed E-state index contributed by atoms with van der Waals surface area (Å²) in [4.78, 5) is 19.2. The van der Waals surface area contributed by atoms with Gasteiger partial charge in [0.2, 0.25) is 15.9 Å². The monoisotopic (exact) mass is 461 g/mol. The Kier molecular flexibility index (Phi) is 7.74. The number of sulfonamides is 1. The summed E-state index contributed by atoms with van der Waals surface area (Å²) in [5.41, 5.74) is 0.504. The van der Waals surface area contributed by atoms with Crippen molar-refractivity contribution in [3.8, 4) is 5.75 Å². The number of hydrogen-bond acceptors (Lipinski definition) is 6. The Balaban J connectivity index is 1.66. The SMILES string of the molecule is CC1CN(C(=O)CCCOc2ccccc2)C(=Nc2cccc(S(=O)(=O)N(C)C)c2)S1. The molecule has 31 heavy (non-hydrogen) atoms. The molecule has 1 heterocycles. The largest absolute Gasteiger partial charge is 0.494 e. The molecule has 1 aliphatic rings. The third-order valence-corrected chi connectivity index (χ3v) is 7.53. The van der Waals surface area contributed by atoms with Gasteiger partial charge in [-0.05, 0) is 36.8 Å². The molecule has 0 bridgehead atoms. The van der Waals surface area contributed by atoms with Gasteiger partial charge in [0.25, 0.3) is 0 Å². The lowest BCUT2D eigenvalue weighted by atomic mass is 10.3. The first kappa shape index (κ1) is 23.3. The van der Waals surface area contributed by atoms with E-state index < -0.39 is 10.0 Å². The van der Waals surface area contributed by atoms with Gasteiger partial charge in [-0.15, -0.1) is 0 Å². The average Bonchev–Trinajstić information content (AvgIpc) is 3.12. The minimum absolute atomic E-state index is 0.00988. The molecule has 1 atom stereocenters. The lowest BCUT2D eigenvalue weighted by molar-refractivity contribution is -0.127. The number of carbonyl (C=O) groups excluding carboxylic acids is 1. The topological polar surface area (TPSA) is 79.3 Å². The Morgan fingerprint density at radius 1 is 1.19 bits per heavy atom. The van der Waals surface area contributed by atoms with Crippen LogP contribution in [0.4, 0.5) is 5.69 Å². The van der Waals surface area contributed by atoms with Crippen LogP contribution in [-0.2, 0) is 14.8 Å². The molecule has 0 N–H and O–H groups in total. The second-order valence-electron chi connectivity index (χ2n) is 7.38. The lowest BCUT2D eigenvalue weighted by Gasteiger charge is -2.16. The number of nitrogens with zero attached hydrogens (tertiary/aromatic N) is 3. The van der Waals surface area contributed by atoms with Crippen molar-refractivity contribution in [2.24, 2.45) is 4.99 Å². The maximum absolute atomic E-state index is 12.8. The molecule has 0 saturated carbocycles. The fourth-order valence-corrected chi connectivity index (χ4v) is 5.00. The number of amidine groups is 1. The molecule has 3 rings (SSSR count). The van der Waals surface area contributed by atoms with Crippen molar-refractivity contribution in [2.45, 2.75) is 29.9 Å². The van der Waals surface area contributed by atoms with Crippen molar-refractivity contribution in [3.63, 3.8) is 0 Å². The van der Waals surface area contributed by atoms with Crippen molar-refractivity contribution in [2.75, 3.05) is 27.2 Å². The summed E-state index contributed by atoms with van der Waals surface area (Å²) in [5.74, 6) is 0.777. The molecule has 0 aromatic heterocycles. The summed E-state index contributed by atoms with van der Waals surface area (Å²) >= 11 is 1.52. The summed E-state index contributed by atoms with van der Waals surface area (Å²) in [5, 5.41) is 0.817. The van der Waals surface area contributed by atoms with Crippen molar-refractivity contribution >= 4 is 38.5 Å². The molecule has 0 aliphatic carbocycles. The van der Waals surface area contributed by atoms with E-state index in [2.05, 4.69) is 4.99 Å². The zero-order chi connectivity index (χ0) is 22.4. The maximum atomic E-state index is 12.8. The van der Waals surface area contributed by atoms with Gasteiger partial charge in [0, 0.05) is 32.3 Å². The molecule has 1 amide bonds. The highest BCUT2D eigenvalue weighted by Crippen LogP contribution is 2.30. The summed E-state index contributed by atoms with van der Waals surface area (Å²) in [6, 6.07) is 16.0. The fourth-order valence-electron chi connectivity index (χ4n) is 3.01. The molecule has 1 saturated heterocycles. The van der Waals surface area contributed by atoms with Gasteiger partial charge in [-0.2, -0.15) is 0 Å². The van der Waals surface area contributed by atoms with Crippen molar-refractivity contribution in [1.29, 1.82) is 0 Å². The van der Waals surface area contributed by atoms with Gasteiger partial charge >= 0.3 is 0 Å². The van der Waals surface area contributed by atoms with Gasteiger partial charge in [-0.3, -0.25) is 9.69 Å². The molecule has 2 aromatic carbocycles. The van der Waals surface area contributed by atoms with E-state index in [1.807, 2.05) is 37.3 Å². The second-order valence-corrected chi connectivity index (χ2v) is 10.9. The molecular weight excluding hydrogens is 434 g/mol. The lowest BCUT2D eigenvalue weighted by Crippen LogP contribution is -2.32. The van der Waals surface area contributed by atoms with E-state index in [9.17, 15) is 13.2 Å². The van der Waals surface area contributed by atoms with E-state index in [1.54, 1.807) is 23.1 Å². The predicted octanol–water partition coefficient (Wildman–Crippen LogP) is 3.75. The third-order valence-electron chi connectivity index (χ3n) is 4.65. The molecule has 166 valence electrons. The molecule has 1 unspecified atom stereocenters. The van der Waals surface area contributed by atoms with E-state index in [0.717, 1.165) is 5.75 Å².